The average molecular weight is 544 g/mol. The summed E-state index contributed by atoms with van der Waals surface area (Å²) in [6.45, 7) is 2.76. The number of rotatable bonds is 11. The zero-order chi connectivity index (χ0) is 26.5. The van der Waals surface area contributed by atoms with Crippen LogP contribution in [0, 0.1) is 0 Å². The Morgan fingerprint density at radius 3 is 2.69 bits per heavy atom. The fraction of sp³-hybridized carbons (Fsp3) is 0.476. The number of ether oxygens (including phenoxy) is 2. The van der Waals surface area contributed by atoms with E-state index in [0.717, 1.165) is 10.6 Å². The van der Waals surface area contributed by atoms with Gasteiger partial charge in [0.05, 0.1) is 17.5 Å². The highest BCUT2D eigenvalue weighted by molar-refractivity contribution is 7.52. The lowest BCUT2D eigenvalue weighted by Gasteiger charge is -2.27. The standard InChI is InChI=1S/C21H28BClN3O9P/c1-3-17(28)32-11-13(2)25-36(31,35-14-7-5-4-6-8-14)33-12-15-18(29)21(22,23)19(34-15)26-10-9-16(27)24-20(26)30/h4-10,13,15,18-19,29H,3,11-12,22H2,1-2H3,(H,25,31)(H,24,27,30)/t13-,15+,18+,19+,21-,36?/m0/s1. The number of aliphatic hydroxyl groups excluding tert-OH is 1. The smallest absolute Gasteiger partial charge is 0.459 e. The molecule has 0 bridgehead atoms. The Kier molecular flexibility index (Phi) is 9.20. The van der Waals surface area contributed by atoms with Crippen LogP contribution in [-0.4, -0.2) is 64.7 Å². The molecular formula is C21H28BClN3O9P. The van der Waals surface area contributed by atoms with Crippen molar-refractivity contribution in [1.29, 1.82) is 0 Å². The van der Waals surface area contributed by atoms with Crippen LogP contribution in [0.2, 0.25) is 0 Å². The summed E-state index contributed by atoms with van der Waals surface area (Å²) in [5.41, 5.74) is -1.38. The van der Waals surface area contributed by atoms with E-state index in [0.29, 0.717) is 0 Å². The maximum Gasteiger partial charge on any atom is 0.459 e. The number of aromatic amines is 1. The number of carbonyl (C=O) groups is 1. The SMILES string of the molecule is B[C@]1(Cl)[C@H](O)[C@@H](COP(=O)(N[C@@H](C)COC(=O)CC)Oc2ccccc2)O[C@H]1n1ccc(=O)[nH]c1=O. The number of H-pyrrole nitrogens is 1. The molecule has 0 saturated carbocycles. The number of aliphatic hydroxyl groups is 1. The molecule has 3 N–H and O–H groups in total. The third-order valence-corrected chi connectivity index (χ3v) is 7.47. The number of carbonyl (C=O) groups excluding carboxylic acids is 1. The van der Waals surface area contributed by atoms with Gasteiger partial charge in [0.15, 0.2) is 6.23 Å². The maximum absolute atomic E-state index is 13.6. The van der Waals surface area contributed by atoms with Gasteiger partial charge in [0, 0.05) is 24.7 Å². The highest BCUT2D eigenvalue weighted by atomic mass is 35.5. The molecule has 2 heterocycles. The van der Waals surface area contributed by atoms with E-state index in [1.54, 1.807) is 44.2 Å². The van der Waals surface area contributed by atoms with Crippen molar-refractivity contribution in [2.24, 2.45) is 0 Å². The molecule has 12 nitrogen and oxygen atoms in total. The van der Waals surface area contributed by atoms with Crippen molar-refractivity contribution >= 4 is 33.2 Å². The molecule has 6 atom stereocenters. The van der Waals surface area contributed by atoms with Gasteiger partial charge in [0.2, 0.25) is 0 Å². The number of aromatic nitrogens is 2. The van der Waals surface area contributed by atoms with Crippen LogP contribution in [-0.2, 0) is 23.4 Å². The fourth-order valence-electron chi connectivity index (χ4n) is 3.47. The van der Waals surface area contributed by atoms with Crippen LogP contribution in [0.25, 0.3) is 0 Å². The summed E-state index contributed by atoms with van der Waals surface area (Å²) >= 11 is 6.53. The van der Waals surface area contributed by atoms with Crippen molar-refractivity contribution in [1.82, 2.24) is 14.6 Å². The topological polar surface area (TPSA) is 158 Å². The molecule has 0 radical (unpaired) electrons. The number of esters is 1. The third kappa shape index (κ3) is 6.87. The zero-order valence-electron chi connectivity index (χ0n) is 20.0. The summed E-state index contributed by atoms with van der Waals surface area (Å²) in [6, 6.07) is 8.77. The van der Waals surface area contributed by atoms with Crippen molar-refractivity contribution in [2.75, 3.05) is 13.2 Å². The first kappa shape index (κ1) is 28.2. The van der Waals surface area contributed by atoms with Gasteiger partial charge in [-0.05, 0) is 19.1 Å². The molecule has 2 aromatic rings. The van der Waals surface area contributed by atoms with Gasteiger partial charge < -0.3 is 19.1 Å². The molecule has 196 valence electrons. The maximum atomic E-state index is 13.6. The second kappa shape index (κ2) is 11.8. The van der Waals surface area contributed by atoms with E-state index >= 15 is 0 Å². The van der Waals surface area contributed by atoms with E-state index in [1.165, 1.54) is 14.0 Å². The Morgan fingerprint density at radius 1 is 1.36 bits per heavy atom. The highest BCUT2D eigenvalue weighted by Gasteiger charge is 2.53. The fourth-order valence-corrected chi connectivity index (χ4v) is 5.31. The molecule has 15 heteroatoms. The van der Waals surface area contributed by atoms with Crippen molar-refractivity contribution in [3.05, 3.63) is 63.4 Å². The van der Waals surface area contributed by atoms with Crippen LogP contribution in [0.3, 0.4) is 0 Å². The predicted octanol–water partition coefficient (Wildman–Crippen LogP) is 0.498. The van der Waals surface area contributed by atoms with Crippen molar-refractivity contribution in [2.45, 2.75) is 49.5 Å². The predicted molar refractivity (Wildman–Crippen MR) is 133 cm³/mol. The Bertz CT molecular complexity index is 1210. The first-order chi connectivity index (χ1) is 16.9. The monoisotopic (exact) mass is 543 g/mol. The normalized spacial score (nSPS) is 26.2. The molecule has 1 aromatic carbocycles. The highest BCUT2D eigenvalue weighted by Crippen LogP contribution is 2.47. The summed E-state index contributed by atoms with van der Waals surface area (Å²) in [6.07, 6.45) is -2.24. The lowest BCUT2D eigenvalue weighted by Crippen LogP contribution is -2.45. The number of nitrogens with zero attached hydrogens (tertiary/aromatic N) is 1. The Morgan fingerprint density at radius 2 is 2.06 bits per heavy atom. The second-order valence-electron chi connectivity index (χ2n) is 8.40. The largest absolute Gasteiger partial charge is 0.464 e. The molecule has 1 aliphatic rings. The Balaban J connectivity index is 1.76. The number of alkyl halides is 1. The van der Waals surface area contributed by atoms with E-state index in [1.807, 2.05) is 0 Å². The molecule has 0 amide bonds. The van der Waals surface area contributed by atoms with Crippen LogP contribution < -0.4 is 20.9 Å². The van der Waals surface area contributed by atoms with Crippen molar-refractivity contribution < 1.29 is 33.0 Å². The van der Waals surface area contributed by atoms with Gasteiger partial charge in [0.1, 0.15) is 26.3 Å². The molecule has 0 aliphatic carbocycles. The molecule has 1 saturated heterocycles. The number of hydrogen-bond acceptors (Lipinski definition) is 9. The molecule has 1 fully saturated rings. The zero-order valence-corrected chi connectivity index (χ0v) is 21.6. The number of hydrogen-bond donors (Lipinski definition) is 3. The number of benzene rings is 1. The summed E-state index contributed by atoms with van der Waals surface area (Å²) in [5, 5.41) is 13.5. The molecule has 3 rings (SSSR count). The summed E-state index contributed by atoms with van der Waals surface area (Å²) in [5.74, 6) is -0.172. The molecule has 1 unspecified atom stereocenters. The van der Waals surface area contributed by atoms with Crippen molar-refractivity contribution in [3.8, 4) is 5.75 Å². The van der Waals surface area contributed by atoms with Gasteiger partial charge in [-0.15, -0.1) is 11.6 Å². The van der Waals surface area contributed by atoms with Crippen LogP contribution >= 0.6 is 19.3 Å². The van der Waals surface area contributed by atoms with E-state index in [4.69, 9.17) is 30.1 Å². The third-order valence-electron chi connectivity index (χ3n) is 5.36. The van der Waals surface area contributed by atoms with Crippen molar-refractivity contribution in [3.63, 3.8) is 0 Å². The van der Waals surface area contributed by atoms with Gasteiger partial charge in [0.25, 0.3) is 5.56 Å². The molecule has 1 aliphatic heterocycles. The summed E-state index contributed by atoms with van der Waals surface area (Å²) in [7, 11) is -2.62. The van der Waals surface area contributed by atoms with Gasteiger partial charge in [-0.25, -0.2) is 14.4 Å². The molecule has 36 heavy (non-hydrogen) atoms. The minimum Gasteiger partial charge on any atom is -0.464 e. The van der Waals surface area contributed by atoms with E-state index in [9.17, 15) is 24.1 Å². The van der Waals surface area contributed by atoms with Crippen LogP contribution in [0.1, 0.15) is 26.5 Å². The van der Waals surface area contributed by atoms with Crippen LogP contribution in [0.4, 0.5) is 0 Å². The quantitative estimate of drug-likeness (QED) is 0.158. The average Bonchev–Trinajstić information content (AvgIpc) is 3.05. The second-order valence-corrected chi connectivity index (χ2v) is 10.9. The Hall–Kier alpha value is -2.41. The first-order valence-electron chi connectivity index (χ1n) is 11.2. The van der Waals surface area contributed by atoms with Gasteiger partial charge in [-0.2, -0.15) is 0 Å². The van der Waals surface area contributed by atoms with Gasteiger partial charge in [-0.3, -0.25) is 23.7 Å². The number of halogens is 1. The number of para-hydroxylation sites is 1. The number of nitrogens with one attached hydrogen (secondary N) is 2. The lowest BCUT2D eigenvalue weighted by molar-refractivity contribution is -0.143. The molecular weight excluding hydrogens is 515 g/mol. The van der Waals surface area contributed by atoms with Crippen LogP contribution in [0.15, 0.2) is 52.2 Å². The summed E-state index contributed by atoms with van der Waals surface area (Å²) < 4.78 is 35.3. The van der Waals surface area contributed by atoms with Gasteiger partial charge >= 0.3 is 19.4 Å². The van der Waals surface area contributed by atoms with Crippen LogP contribution in [0.5, 0.6) is 5.75 Å². The lowest BCUT2D eigenvalue weighted by atomic mass is 9.79. The summed E-state index contributed by atoms with van der Waals surface area (Å²) in [4.78, 5) is 37.2. The molecule has 1 aromatic heterocycles. The Labute approximate surface area is 212 Å². The first-order valence-corrected chi connectivity index (χ1v) is 13.1. The van der Waals surface area contributed by atoms with E-state index in [2.05, 4.69) is 10.1 Å². The minimum atomic E-state index is -4.09. The van der Waals surface area contributed by atoms with E-state index in [-0.39, 0.29) is 18.8 Å². The van der Waals surface area contributed by atoms with E-state index < -0.39 is 60.8 Å². The molecule has 0 spiro atoms. The van der Waals surface area contributed by atoms with Gasteiger partial charge in [-0.1, -0.05) is 25.1 Å². The minimum absolute atomic E-state index is 0.0856.